The summed E-state index contributed by atoms with van der Waals surface area (Å²) in [5, 5.41) is 0. The standard InChI is InChI=1S/C16H17NO3/c1-17-12-7-8-13(17)10-14(9-12)20-16(19)15(18)11-5-3-2-4-6-11/h2-8,12-14H,9-10H2,1H3/t12-,13+,14-. The number of hydrogen-bond acceptors (Lipinski definition) is 4. The van der Waals surface area contributed by atoms with E-state index < -0.39 is 11.8 Å². The Morgan fingerprint density at radius 1 is 1.10 bits per heavy atom. The number of carbonyl (C=O) groups is 2. The van der Waals surface area contributed by atoms with Crippen LogP contribution in [0.5, 0.6) is 0 Å². The zero-order chi connectivity index (χ0) is 14.1. The topological polar surface area (TPSA) is 46.6 Å². The van der Waals surface area contributed by atoms with Crippen molar-refractivity contribution >= 4 is 11.8 Å². The number of rotatable bonds is 3. The van der Waals surface area contributed by atoms with Gasteiger partial charge in [0, 0.05) is 30.5 Å². The molecule has 4 heteroatoms. The molecule has 1 saturated heterocycles. The van der Waals surface area contributed by atoms with Gasteiger partial charge < -0.3 is 4.74 Å². The fraction of sp³-hybridized carbons (Fsp3) is 0.375. The summed E-state index contributed by atoms with van der Waals surface area (Å²) in [7, 11) is 2.07. The molecule has 3 atom stereocenters. The van der Waals surface area contributed by atoms with E-state index in [1.165, 1.54) is 0 Å². The lowest BCUT2D eigenvalue weighted by atomic mass is 9.99. The molecular formula is C16H17NO3. The van der Waals surface area contributed by atoms with Gasteiger partial charge in [-0.05, 0) is 7.05 Å². The first-order valence-corrected chi connectivity index (χ1v) is 6.86. The van der Waals surface area contributed by atoms with Crippen LogP contribution in [0.25, 0.3) is 0 Å². The zero-order valence-electron chi connectivity index (χ0n) is 11.4. The van der Waals surface area contributed by atoms with Crippen LogP contribution in [0.15, 0.2) is 42.5 Å². The lowest BCUT2D eigenvalue weighted by Gasteiger charge is -2.35. The molecule has 2 aliphatic heterocycles. The van der Waals surface area contributed by atoms with Crippen molar-refractivity contribution in [2.24, 2.45) is 0 Å². The van der Waals surface area contributed by atoms with Gasteiger partial charge in [-0.3, -0.25) is 9.69 Å². The summed E-state index contributed by atoms with van der Waals surface area (Å²) in [5.74, 6) is -1.31. The van der Waals surface area contributed by atoms with Gasteiger partial charge in [-0.2, -0.15) is 0 Å². The average molecular weight is 271 g/mol. The molecule has 0 N–H and O–H groups in total. The summed E-state index contributed by atoms with van der Waals surface area (Å²) in [4.78, 5) is 26.1. The summed E-state index contributed by atoms with van der Waals surface area (Å²) >= 11 is 0. The Morgan fingerprint density at radius 2 is 1.70 bits per heavy atom. The van der Waals surface area contributed by atoms with Crippen LogP contribution in [0.3, 0.4) is 0 Å². The molecule has 1 fully saturated rings. The molecule has 0 unspecified atom stereocenters. The van der Waals surface area contributed by atoms with E-state index in [1.54, 1.807) is 24.3 Å². The minimum atomic E-state index is -0.745. The second-order valence-corrected chi connectivity index (χ2v) is 5.38. The molecule has 104 valence electrons. The first-order valence-electron chi connectivity index (χ1n) is 6.86. The molecule has 20 heavy (non-hydrogen) atoms. The number of carbonyl (C=O) groups excluding carboxylic acids is 2. The Morgan fingerprint density at radius 3 is 2.30 bits per heavy atom. The number of hydrogen-bond donors (Lipinski definition) is 0. The lowest BCUT2D eigenvalue weighted by Crippen LogP contribution is -2.44. The monoisotopic (exact) mass is 271 g/mol. The summed E-state index contributed by atoms with van der Waals surface area (Å²) in [6.07, 6.45) is 5.65. The molecule has 0 aromatic heterocycles. The van der Waals surface area contributed by atoms with Crippen molar-refractivity contribution in [3.63, 3.8) is 0 Å². The van der Waals surface area contributed by atoms with Crippen molar-refractivity contribution < 1.29 is 14.3 Å². The van der Waals surface area contributed by atoms with Gasteiger partial charge in [0.25, 0.3) is 5.78 Å². The Hall–Kier alpha value is -1.94. The van der Waals surface area contributed by atoms with Gasteiger partial charge in [0.05, 0.1) is 0 Å². The summed E-state index contributed by atoms with van der Waals surface area (Å²) in [6.45, 7) is 0. The molecule has 1 aromatic carbocycles. The van der Waals surface area contributed by atoms with Crippen LogP contribution < -0.4 is 0 Å². The van der Waals surface area contributed by atoms with Crippen molar-refractivity contribution in [3.05, 3.63) is 48.0 Å². The van der Waals surface area contributed by atoms with Gasteiger partial charge in [0.1, 0.15) is 6.10 Å². The number of Topliss-reactive ketones (excluding diaryl/α,β-unsaturated/α-hetero) is 1. The number of fused-ring (bicyclic) bond motifs is 2. The van der Waals surface area contributed by atoms with Crippen molar-refractivity contribution in [1.82, 2.24) is 4.90 Å². The number of ether oxygens (including phenoxy) is 1. The number of benzene rings is 1. The smallest absolute Gasteiger partial charge is 0.379 e. The van der Waals surface area contributed by atoms with Crippen LogP contribution >= 0.6 is 0 Å². The average Bonchev–Trinajstić information content (AvgIpc) is 2.69. The molecule has 2 bridgehead atoms. The molecule has 0 radical (unpaired) electrons. The number of nitrogens with zero attached hydrogens (tertiary/aromatic N) is 1. The van der Waals surface area contributed by atoms with Gasteiger partial charge >= 0.3 is 5.97 Å². The Labute approximate surface area is 118 Å². The van der Waals surface area contributed by atoms with E-state index in [0.29, 0.717) is 17.6 Å². The third kappa shape index (κ3) is 2.39. The predicted octanol–water partition coefficient (Wildman–Crippen LogP) is 1.81. The van der Waals surface area contributed by atoms with Crippen molar-refractivity contribution in [3.8, 4) is 0 Å². The number of piperidine rings is 1. The molecule has 2 heterocycles. The molecule has 3 rings (SSSR count). The molecule has 4 nitrogen and oxygen atoms in total. The maximum absolute atomic E-state index is 12.0. The van der Waals surface area contributed by atoms with Crippen LogP contribution in [-0.2, 0) is 9.53 Å². The number of ketones is 1. The van der Waals surface area contributed by atoms with Crippen LogP contribution in [0, 0.1) is 0 Å². The first kappa shape index (κ1) is 13.1. The highest BCUT2D eigenvalue weighted by molar-refractivity contribution is 6.40. The van der Waals surface area contributed by atoms with Crippen LogP contribution in [0.1, 0.15) is 23.2 Å². The highest BCUT2D eigenvalue weighted by atomic mass is 16.5. The van der Waals surface area contributed by atoms with E-state index in [9.17, 15) is 9.59 Å². The maximum atomic E-state index is 12.0. The fourth-order valence-electron chi connectivity index (χ4n) is 2.91. The van der Waals surface area contributed by atoms with Crippen molar-refractivity contribution in [2.45, 2.75) is 31.0 Å². The van der Waals surface area contributed by atoms with Gasteiger partial charge in [-0.15, -0.1) is 0 Å². The third-order valence-electron chi connectivity index (χ3n) is 4.11. The van der Waals surface area contributed by atoms with Gasteiger partial charge in [0.15, 0.2) is 0 Å². The second kappa shape index (κ2) is 5.21. The molecule has 0 amide bonds. The molecule has 2 aliphatic rings. The van der Waals surface area contributed by atoms with Crippen molar-refractivity contribution in [2.75, 3.05) is 7.05 Å². The molecule has 0 saturated carbocycles. The maximum Gasteiger partial charge on any atom is 0.379 e. The Bertz CT molecular complexity index is 536. The second-order valence-electron chi connectivity index (χ2n) is 5.38. The minimum Gasteiger partial charge on any atom is -0.456 e. The first-order chi connectivity index (χ1) is 9.65. The normalized spacial score (nSPS) is 28.4. The van der Waals surface area contributed by atoms with Crippen LogP contribution in [0.4, 0.5) is 0 Å². The quantitative estimate of drug-likeness (QED) is 0.364. The summed E-state index contributed by atoms with van der Waals surface area (Å²) in [6, 6.07) is 9.17. The number of likely N-dealkylation sites (N-methyl/N-ethyl adjacent to an activating group) is 1. The Kier molecular flexibility index (Phi) is 3.40. The van der Waals surface area contributed by atoms with E-state index in [1.807, 2.05) is 6.07 Å². The lowest BCUT2D eigenvalue weighted by molar-refractivity contribution is -0.146. The Balaban J connectivity index is 1.62. The number of esters is 1. The largest absolute Gasteiger partial charge is 0.456 e. The van der Waals surface area contributed by atoms with E-state index in [0.717, 1.165) is 12.8 Å². The van der Waals surface area contributed by atoms with Crippen molar-refractivity contribution in [1.29, 1.82) is 0 Å². The van der Waals surface area contributed by atoms with E-state index in [2.05, 4.69) is 24.1 Å². The van der Waals surface area contributed by atoms with Gasteiger partial charge in [-0.1, -0.05) is 42.5 Å². The van der Waals surface area contributed by atoms with E-state index in [4.69, 9.17) is 4.74 Å². The summed E-state index contributed by atoms with van der Waals surface area (Å²) in [5.41, 5.74) is 0.381. The molecule has 1 aromatic rings. The molecule has 0 aliphatic carbocycles. The summed E-state index contributed by atoms with van der Waals surface area (Å²) < 4.78 is 5.38. The third-order valence-corrected chi connectivity index (χ3v) is 4.11. The zero-order valence-corrected chi connectivity index (χ0v) is 11.4. The van der Waals surface area contributed by atoms with Crippen LogP contribution in [-0.4, -0.2) is 41.9 Å². The van der Waals surface area contributed by atoms with E-state index >= 15 is 0 Å². The molecular weight excluding hydrogens is 254 g/mol. The van der Waals surface area contributed by atoms with E-state index in [-0.39, 0.29) is 6.10 Å². The van der Waals surface area contributed by atoms with Gasteiger partial charge in [0.2, 0.25) is 0 Å². The molecule has 0 spiro atoms. The van der Waals surface area contributed by atoms with Gasteiger partial charge in [-0.25, -0.2) is 4.79 Å². The highest BCUT2D eigenvalue weighted by Crippen LogP contribution is 2.30. The minimum absolute atomic E-state index is 0.170. The van der Waals surface area contributed by atoms with Crippen LogP contribution in [0.2, 0.25) is 0 Å². The SMILES string of the molecule is CN1[C@@H]2C=C[C@H]1C[C@H](OC(=O)C(=O)c1ccccc1)C2. The predicted molar refractivity (Wildman–Crippen MR) is 74.4 cm³/mol. The highest BCUT2D eigenvalue weighted by Gasteiger charge is 2.37. The fourth-order valence-corrected chi connectivity index (χ4v) is 2.91.